The molecule has 82 valence electrons. The predicted octanol–water partition coefficient (Wildman–Crippen LogP) is 0.677. The summed E-state index contributed by atoms with van der Waals surface area (Å²) in [4.78, 5) is 24.7. The highest BCUT2D eigenvalue weighted by Gasteiger charge is 2.33. The second-order valence-corrected chi connectivity index (χ2v) is 4.05. The molecule has 2 atom stereocenters. The number of imidazole rings is 1. The maximum atomic E-state index is 11.2. The average Bonchev–Trinajstić information content (AvgIpc) is 2.77. The van der Waals surface area contributed by atoms with Crippen molar-refractivity contribution in [1.82, 2.24) is 9.55 Å². The van der Waals surface area contributed by atoms with E-state index < -0.39 is 5.97 Å². The summed E-state index contributed by atoms with van der Waals surface area (Å²) in [6, 6.07) is 0. The van der Waals surface area contributed by atoms with Gasteiger partial charge in [-0.1, -0.05) is 6.42 Å². The van der Waals surface area contributed by atoms with E-state index in [-0.39, 0.29) is 17.5 Å². The SMILES string of the molecule is O=C(O)C1CCCC1Cn1cc[nH]c1=O. The normalized spacial score (nSPS) is 25.6. The second-order valence-electron chi connectivity index (χ2n) is 4.05. The number of aromatic nitrogens is 2. The summed E-state index contributed by atoms with van der Waals surface area (Å²) >= 11 is 0. The van der Waals surface area contributed by atoms with Gasteiger partial charge in [0.1, 0.15) is 0 Å². The van der Waals surface area contributed by atoms with Crippen molar-refractivity contribution in [1.29, 1.82) is 0 Å². The van der Waals surface area contributed by atoms with Gasteiger partial charge in [-0.25, -0.2) is 4.79 Å². The maximum Gasteiger partial charge on any atom is 0.325 e. The quantitative estimate of drug-likeness (QED) is 0.770. The third kappa shape index (κ3) is 1.95. The fourth-order valence-corrected chi connectivity index (χ4v) is 2.33. The minimum Gasteiger partial charge on any atom is -0.481 e. The minimum absolute atomic E-state index is 0.0935. The molecule has 15 heavy (non-hydrogen) atoms. The van der Waals surface area contributed by atoms with E-state index in [2.05, 4.69) is 4.98 Å². The number of nitrogens with one attached hydrogen (secondary N) is 1. The topological polar surface area (TPSA) is 75.1 Å². The zero-order chi connectivity index (χ0) is 10.8. The monoisotopic (exact) mass is 210 g/mol. The summed E-state index contributed by atoms with van der Waals surface area (Å²) in [5, 5.41) is 8.99. The minimum atomic E-state index is -0.735. The lowest BCUT2D eigenvalue weighted by Gasteiger charge is -2.15. The van der Waals surface area contributed by atoms with Gasteiger partial charge in [0.05, 0.1) is 5.92 Å². The highest BCUT2D eigenvalue weighted by atomic mass is 16.4. The van der Waals surface area contributed by atoms with Gasteiger partial charge in [-0.3, -0.25) is 9.36 Å². The largest absolute Gasteiger partial charge is 0.481 e. The van der Waals surface area contributed by atoms with E-state index in [9.17, 15) is 9.59 Å². The first-order chi connectivity index (χ1) is 7.18. The van der Waals surface area contributed by atoms with Gasteiger partial charge in [-0.2, -0.15) is 0 Å². The van der Waals surface area contributed by atoms with E-state index in [1.807, 2.05) is 0 Å². The van der Waals surface area contributed by atoms with Crippen molar-refractivity contribution >= 4 is 5.97 Å². The van der Waals surface area contributed by atoms with Crippen molar-refractivity contribution in [2.24, 2.45) is 11.8 Å². The van der Waals surface area contributed by atoms with Crippen molar-refractivity contribution < 1.29 is 9.90 Å². The van der Waals surface area contributed by atoms with Gasteiger partial charge in [-0.05, 0) is 18.8 Å². The third-order valence-electron chi connectivity index (χ3n) is 3.13. The van der Waals surface area contributed by atoms with Crippen LogP contribution in [0.25, 0.3) is 0 Å². The lowest BCUT2D eigenvalue weighted by atomic mass is 9.96. The van der Waals surface area contributed by atoms with Crippen LogP contribution >= 0.6 is 0 Å². The number of carbonyl (C=O) groups is 1. The molecule has 1 aromatic heterocycles. The molecule has 0 amide bonds. The first-order valence-electron chi connectivity index (χ1n) is 5.15. The van der Waals surface area contributed by atoms with Gasteiger partial charge in [0.25, 0.3) is 0 Å². The summed E-state index contributed by atoms with van der Waals surface area (Å²) in [6.45, 7) is 0.513. The van der Waals surface area contributed by atoms with Crippen molar-refractivity contribution in [2.45, 2.75) is 25.8 Å². The lowest BCUT2D eigenvalue weighted by molar-refractivity contribution is -0.143. The van der Waals surface area contributed by atoms with Crippen LogP contribution in [0, 0.1) is 11.8 Å². The summed E-state index contributed by atoms with van der Waals surface area (Å²) < 4.78 is 1.55. The van der Waals surface area contributed by atoms with Crippen molar-refractivity contribution in [2.75, 3.05) is 0 Å². The van der Waals surface area contributed by atoms with Crippen LogP contribution in [0.4, 0.5) is 0 Å². The number of hydrogen-bond acceptors (Lipinski definition) is 2. The van der Waals surface area contributed by atoms with Crippen molar-refractivity contribution in [3.63, 3.8) is 0 Å². The van der Waals surface area contributed by atoms with Crippen LogP contribution in [-0.4, -0.2) is 20.6 Å². The molecule has 1 saturated carbocycles. The van der Waals surface area contributed by atoms with Gasteiger partial charge in [-0.15, -0.1) is 0 Å². The maximum absolute atomic E-state index is 11.2. The molecule has 0 saturated heterocycles. The number of aromatic amines is 1. The average molecular weight is 210 g/mol. The molecule has 2 rings (SSSR count). The molecule has 5 nitrogen and oxygen atoms in total. The fourth-order valence-electron chi connectivity index (χ4n) is 2.33. The molecule has 5 heteroatoms. The highest BCUT2D eigenvalue weighted by Crippen LogP contribution is 2.32. The molecule has 2 N–H and O–H groups in total. The van der Waals surface area contributed by atoms with Crippen LogP contribution in [0.5, 0.6) is 0 Å². The molecular weight excluding hydrogens is 196 g/mol. The molecule has 1 fully saturated rings. The van der Waals surface area contributed by atoms with E-state index >= 15 is 0 Å². The van der Waals surface area contributed by atoms with Crippen molar-refractivity contribution in [3.8, 4) is 0 Å². The molecule has 1 aromatic rings. The lowest BCUT2D eigenvalue weighted by Crippen LogP contribution is -2.26. The van der Waals surface area contributed by atoms with Gasteiger partial charge in [0.2, 0.25) is 0 Å². The first kappa shape index (κ1) is 10.0. The zero-order valence-electron chi connectivity index (χ0n) is 8.35. The van der Waals surface area contributed by atoms with E-state index in [0.29, 0.717) is 6.54 Å². The fraction of sp³-hybridized carbons (Fsp3) is 0.600. The van der Waals surface area contributed by atoms with Crippen LogP contribution in [0.3, 0.4) is 0 Å². The van der Waals surface area contributed by atoms with Gasteiger partial charge in [0, 0.05) is 18.9 Å². The Kier molecular flexibility index (Phi) is 2.62. The number of H-pyrrole nitrogens is 1. The summed E-state index contributed by atoms with van der Waals surface area (Å²) in [5.41, 5.74) is -0.161. The Bertz CT molecular complexity index is 407. The first-order valence-corrected chi connectivity index (χ1v) is 5.15. The van der Waals surface area contributed by atoms with Crippen LogP contribution in [0.15, 0.2) is 17.2 Å². The predicted molar refractivity (Wildman–Crippen MR) is 53.5 cm³/mol. The van der Waals surface area contributed by atoms with Gasteiger partial charge >= 0.3 is 11.7 Å². The number of rotatable bonds is 3. The molecule has 0 radical (unpaired) electrons. The van der Waals surface area contributed by atoms with Crippen LogP contribution in [0.2, 0.25) is 0 Å². The smallest absolute Gasteiger partial charge is 0.325 e. The Morgan fingerprint density at radius 1 is 1.60 bits per heavy atom. The van der Waals surface area contributed by atoms with E-state index in [0.717, 1.165) is 19.3 Å². The highest BCUT2D eigenvalue weighted by molar-refractivity contribution is 5.70. The second kappa shape index (κ2) is 3.92. The standard InChI is InChI=1S/C10H14N2O3/c13-9(14)8-3-1-2-7(8)6-12-5-4-11-10(12)15/h4-5,7-8H,1-3,6H2,(H,11,15)(H,13,14). The number of carboxylic acid groups (broad SMARTS) is 1. The molecule has 0 aliphatic heterocycles. The summed E-state index contributed by atoms with van der Waals surface area (Å²) in [5.74, 6) is -0.927. The number of aliphatic carboxylic acids is 1. The Labute approximate surface area is 86.7 Å². The van der Waals surface area contributed by atoms with E-state index in [1.54, 1.807) is 17.0 Å². The van der Waals surface area contributed by atoms with E-state index in [1.165, 1.54) is 0 Å². The van der Waals surface area contributed by atoms with Crippen LogP contribution < -0.4 is 5.69 Å². The van der Waals surface area contributed by atoms with Crippen LogP contribution in [-0.2, 0) is 11.3 Å². The van der Waals surface area contributed by atoms with Gasteiger partial charge in [0.15, 0.2) is 0 Å². The molecule has 1 aliphatic rings. The Morgan fingerprint density at radius 3 is 3.00 bits per heavy atom. The van der Waals surface area contributed by atoms with Crippen molar-refractivity contribution in [3.05, 3.63) is 22.9 Å². The number of nitrogens with zero attached hydrogens (tertiary/aromatic N) is 1. The Hall–Kier alpha value is -1.52. The number of carboxylic acids is 1. The van der Waals surface area contributed by atoms with Gasteiger partial charge < -0.3 is 10.1 Å². The van der Waals surface area contributed by atoms with Crippen LogP contribution in [0.1, 0.15) is 19.3 Å². The molecule has 0 spiro atoms. The molecule has 2 unspecified atom stereocenters. The number of hydrogen-bond donors (Lipinski definition) is 2. The molecular formula is C10H14N2O3. The molecule has 0 aromatic carbocycles. The summed E-state index contributed by atoms with van der Waals surface area (Å²) in [6.07, 6.45) is 5.82. The molecule has 1 aliphatic carbocycles. The summed E-state index contributed by atoms with van der Waals surface area (Å²) in [7, 11) is 0. The Balaban J connectivity index is 2.09. The Morgan fingerprint density at radius 2 is 2.40 bits per heavy atom. The zero-order valence-corrected chi connectivity index (χ0v) is 8.35. The third-order valence-corrected chi connectivity index (χ3v) is 3.13. The van der Waals surface area contributed by atoms with E-state index in [4.69, 9.17) is 5.11 Å². The molecule has 1 heterocycles. The molecule has 0 bridgehead atoms.